The van der Waals surface area contributed by atoms with E-state index in [9.17, 15) is 17.9 Å². The number of aromatic amines is 1. The third-order valence-electron chi connectivity index (χ3n) is 3.75. The van der Waals surface area contributed by atoms with Crippen molar-refractivity contribution in [3.63, 3.8) is 0 Å². The lowest BCUT2D eigenvalue weighted by Crippen LogP contribution is -2.17. The summed E-state index contributed by atoms with van der Waals surface area (Å²) in [6, 6.07) is 4.24. The van der Waals surface area contributed by atoms with Crippen molar-refractivity contribution in [3.05, 3.63) is 46.6 Å². The molecule has 0 saturated carbocycles. The van der Waals surface area contributed by atoms with Crippen molar-refractivity contribution < 1.29 is 17.9 Å². The molecule has 0 bridgehead atoms. The van der Waals surface area contributed by atoms with Gasteiger partial charge in [-0.2, -0.15) is 5.21 Å². The summed E-state index contributed by atoms with van der Waals surface area (Å²) >= 11 is 0. The van der Waals surface area contributed by atoms with Crippen LogP contribution < -0.4 is 10.9 Å². The number of alkyl halides is 1. The van der Waals surface area contributed by atoms with Crippen LogP contribution in [0.1, 0.15) is 22.3 Å². The fraction of sp³-hybridized carbons (Fsp3) is 0.125. The number of rotatable bonds is 4. The molecule has 2 aromatic heterocycles. The van der Waals surface area contributed by atoms with E-state index < -0.39 is 21.6 Å². The molecule has 0 radical (unpaired) electrons. The number of nitrogen functional groups attached to an aromatic ring is 1. The van der Waals surface area contributed by atoms with Crippen LogP contribution in [0.25, 0.3) is 11.4 Å². The number of benzene rings is 1. The first-order chi connectivity index (χ1) is 13.3. The van der Waals surface area contributed by atoms with Gasteiger partial charge in [-0.15, -0.1) is 10.2 Å². The summed E-state index contributed by atoms with van der Waals surface area (Å²) in [4.78, 5) is 3.47. The van der Waals surface area contributed by atoms with Crippen molar-refractivity contribution in [1.29, 1.82) is 0 Å². The van der Waals surface area contributed by atoms with E-state index in [-0.39, 0.29) is 34.9 Å². The minimum Gasteiger partial charge on any atom is -0.392 e. The molecule has 6 N–H and O–H groups in total. The van der Waals surface area contributed by atoms with Crippen LogP contribution in [-0.4, -0.2) is 39.1 Å². The molecule has 144 valence electrons. The number of aliphatic hydroxyl groups excluding tert-OH is 1. The molecule has 1 aromatic carbocycles. The SMILES string of the molecule is Nc1ncc(C#Cc2ccc(CF)c(S(N)(=O)=O)c2-c2nn[nH]n2)cc1CO. The molecule has 0 saturated heterocycles. The average Bonchev–Trinajstić information content (AvgIpc) is 3.20. The summed E-state index contributed by atoms with van der Waals surface area (Å²) in [5.41, 5.74) is 6.42. The van der Waals surface area contributed by atoms with E-state index in [1.807, 2.05) is 0 Å². The highest BCUT2D eigenvalue weighted by atomic mass is 32.2. The lowest BCUT2D eigenvalue weighted by Gasteiger charge is -2.11. The van der Waals surface area contributed by atoms with Crippen molar-refractivity contribution in [1.82, 2.24) is 25.6 Å². The zero-order valence-corrected chi connectivity index (χ0v) is 15.0. The molecular weight excluding hydrogens is 389 g/mol. The number of aromatic nitrogens is 5. The summed E-state index contributed by atoms with van der Waals surface area (Å²) in [5.74, 6) is 5.63. The maximum atomic E-state index is 13.4. The number of halogens is 1. The Morgan fingerprint density at radius 2 is 2.04 bits per heavy atom. The smallest absolute Gasteiger partial charge is 0.239 e. The molecule has 0 spiro atoms. The summed E-state index contributed by atoms with van der Waals surface area (Å²) in [6.45, 7) is -1.38. The zero-order valence-electron chi connectivity index (χ0n) is 14.2. The number of hydrogen-bond acceptors (Lipinski definition) is 8. The largest absolute Gasteiger partial charge is 0.392 e. The average molecular weight is 403 g/mol. The Morgan fingerprint density at radius 1 is 1.25 bits per heavy atom. The number of nitrogens with one attached hydrogen (secondary N) is 1. The quantitative estimate of drug-likeness (QED) is 0.435. The Labute approximate surface area is 158 Å². The van der Waals surface area contributed by atoms with Gasteiger partial charge in [0.25, 0.3) is 0 Å². The Bertz CT molecular complexity index is 1180. The standard InChI is InChI=1S/C16H14FN7O3S/c17-6-11-4-3-10(2-1-9-5-12(8-25)15(18)20-7-9)13(14(11)28(19,26)27)16-21-23-24-22-16/h3-5,7,25H,6,8H2,(H2,18,20)(H2,19,26,27)(H,21,22,23,24). The first-order valence-electron chi connectivity index (χ1n) is 7.71. The predicted octanol–water partition coefficient (Wildman–Crippen LogP) is -0.147. The molecule has 2 heterocycles. The number of nitrogens with zero attached hydrogens (tertiary/aromatic N) is 4. The third kappa shape index (κ3) is 3.81. The van der Waals surface area contributed by atoms with Crippen LogP contribution in [0.5, 0.6) is 0 Å². The van der Waals surface area contributed by atoms with Crippen LogP contribution >= 0.6 is 0 Å². The zero-order chi connectivity index (χ0) is 20.3. The highest BCUT2D eigenvalue weighted by Crippen LogP contribution is 2.31. The minimum absolute atomic E-state index is 0.0651. The van der Waals surface area contributed by atoms with E-state index in [0.717, 1.165) is 0 Å². The highest BCUT2D eigenvalue weighted by Gasteiger charge is 2.25. The summed E-state index contributed by atoms with van der Waals surface area (Å²) < 4.78 is 37.6. The van der Waals surface area contributed by atoms with Gasteiger partial charge in [0, 0.05) is 28.5 Å². The topological polar surface area (TPSA) is 174 Å². The summed E-state index contributed by atoms with van der Waals surface area (Å²) in [6.07, 6.45) is 1.39. The van der Waals surface area contributed by atoms with Gasteiger partial charge in [0.05, 0.1) is 17.1 Å². The van der Waals surface area contributed by atoms with Crippen LogP contribution in [0.2, 0.25) is 0 Å². The monoisotopic (exact) mass is 403 g/mol. The number of nitrogens with two attached hydrogens (primary N) is 2. The predicted molar refractivity (Wildman–Crippen MR) is 96.4 cm³/mol. The van der Waals surface area contributed by atoms with Crippen molar-refractivity contribution in [2.24, 2.45) is 5.14 Å². The fourth-order valence-electron chi connectivity index (χ4n) is 2.51. The molecule has 0 unspecified atom stereocenters. The Kier molecular flexibility index (Phi) is 5.32. The number of tetrazole rings is 1. The molecule has 0 atom stereocenters. The maximum absolute atomic E-state index is 13.4. The number of hydrogen-bond donors (Lipinski definition) is 4. The Hall–Kier alpha value is -3.40. The van der Waals surface area contributed by atoms with Gasteiger partial charge in [0.2, 0.25) is 15.8 Å². The van der Waals surface area contributed by atoms with Gasteiger partial charge < -0.3 is 10.8 Å². The Balaban J connectivity index is 2.23. The number of H-pyrrole nitrogens is 1. The van der Waals surface area contributed by atoms with Gasteiger partial charge in [-0.3, -0.25) is 0 Å². The van der Waals surface area contributed by atoms with Crippen molar-refractivity contribution in [2.45, 2.75) is 18.2 Å². The van der Waals surface area contributed by atoms with Crippen LogP contribution in [0.15, 0.2) is 29.3 Å². The first kappa shape index (κ1) is 19.4. The fourth-order valence-corrected chi connectivity index (χ4v) is 3.48. The van der Waals surface area contributed by atoms with Gasteiger partial charge in [-0.1, -0.05) is 17.9 Å². The van der Waals surface area contributed by atoms with E-state index in [0.29, 0.717) is 11.1 Å². The van der Waals surface area contributed by atoms with E-state index in [1.165, 1.54) is 18.3 Å². The van der Waals surface area contributed by atoms with E-state index in [4.69, 9.17) is 10.9 Å². The number of sulfonamides is 1. The van der Waals surface area contributed by atoms with Crippen molar-refractivity contribution in [2.75, 3.05) is 5.73 Å². The molecule has 3 aromatic rings. The number of primary sulfonamides is 1. The minimum atomic E-state index is -4.32. The van der Waals surface area contributed by atoms with E-state index >= 15 is 0 Å². The van der Waals surface area contributed by atoms with Gasteiger partial charge in [0.1, 0.15) is 12.5 Å². The molecule has 28 heavy (non-hydrogen) atoms. The van der Waals surface area contributed by atoms with Crippen LogP contribution in [0.3, 0.4) is 0 Å². The summed E-state index contributed by atoms with van der Waals surface area (Å²) in [7, 11) is -4.32. The molecule has 10 nitrogen and oxygen atoms in total. The third-order valence-corrected chi connectivity index (χ3v) is 4.79. The molecular formula is C16H14FN7O3S. The van der Waals surface area contributed by atoms with Gasteiger partial charge in [0.15, 0.2) is 0 Å². The normalized spacial score (nSPS) is 11.1. The van der Waals surface area contributed by atoms with Crippen LogP contribution in [0, 0.1) is 11.8 Å². The van der Waals surface area contributed by atoms with Crippen molar-refractivity contribution >= 4 is 15.8 Å². The number of aliphatic hydroxyl groups is 1. The second-order valence-electron chi connectivity index (χ2n) is 5.57. The second kappa shape index (κ2) is 7.69. The van der Waals surface area contributed by atoms with Crippen LogP contribution in [-0.2, 0) is 23.3 Å². The maximum Gasteiger partial charge on any atom is 0.239 e. The lowest BCUT2D eigenvalue weighted by atomic mass is 10.0. The first-order valence-corrected chi connectivity index (χ1v) is 9.25. The van der Waals surface area contributed by atoms with Crippen molar-refractivity contribution in [3.8, 4) is 23.2 Å². The molecule has 12 heteroatoms. The Morgan fingerprint density at radius 3 is 2.64 bits per heavy atom. The van der Waals surface area contributed by atoms with Gasteiger partial charge in [-0.25, -0.2) is 22.9 Å². The number of pyridine rings is 1. The molecule has 0 aliphatic rings. The second-order valence-corrected chi connectivity index (χ2v) is 7.07. The van der Waals surface area contributed by atoms with Crippen LogP contribution in [0.4, 0.5) is 10.2 Å². The molecule has 3 rings (SSSR count). The van der Waals surface area contributed by atoms with E-state index in [2.05, 4.69) is 37.4 Å². The highest BCUT2D eigenvalue weighted by molar-refractivity contribution is 7.89. The number of anilines is 1. The molecule has 0 amide bonds. The molecule has 0 aliphatic carbocycles. The van der Waals surface area contributed by atoms with Gasteiger partial charge in [-0.05, 0) is 17.3 Å². The summed E-state index contributed by atoms with van der Waals surface area (Å²) in [5, 5.41) is 27.7. The molecule has 0 fully saturated rings. The molecule has 0 aliphatic heterocycles. The lowest BCUT2D eigenvalue weighted by molar-refractivity contribution is 0.282. The van der Waals surface area contributed by atoms with Gasteiger partial charge >= 0.3 is 0 Å². The van der Waals surface area contributed by atoms with E-state index in [1.54, 1.807) is 6.07 Å².